The maximum atomic E-state index is 12.0. The molecule has 0 saturated carbocycles. The van der Waals surface area contributed by atoms with Crippen molar-refractivity contribution in [1.82, 2.24) is 10.6 Å². The third kappa shape index (κ3) is 4.66. The predicted molar refractivity (Wildman–Crippen MR) is 101 cm³/mol. The third-order valence-electron chi connectivity index (χ3n) is 4.14. The van der Waals surface area contributed by atoms with Gasteiger partial charge in [-0.15, -0.1) is 0 Å². The van der Waals surface area contributed by atoms with Gasteiger partial charge in [0.1, 0.15) is 5.75 Å². The van der Waals surface area contributed by atoms with Gasteiger partial charge in [0.05, 0.1) is 13.7 Å². The number of methoxy groups -OCH3 is 1. The number of hydrogen-bond acceptors (Lipinski definition) is 4. The number of hydrogen-bond donors (Lipinski definition) is 3. The Kier molecular flexibility index (Phi) is 5.58. The van der Waals surface area contributed by atoms with Gasteiger partial charge in [0.2, 0.25) is 5.91 Å². The van der Waals surface area contributed by atoms with E-state index in [4.69, 9.17) is 4.74 Å². The van der Waals surface area contributed by atoms with E-state index in [0.717, 1.165) is 23.5 Å². The summed E-state index contributed by atoms with van der Waals surface area (Å²) in [6.45, 7) is 2.21. The van der Waals surface area contributed by atoms with E-state index in [2.05, 4.69) is 16.0 Å². The molecule has 0 atom stereocenters. The molecule has 1 saturated heterocycles. The fraction of sp³-hybridized carbons (Fsp3) is 0.263. The summed E-state index contributed by atoms with van der Waals surface area (Å²) in [7, 11) is 1.62. The van der Waals surface area contributed by atoms with Crippen molar-refractivity contribution in [2.24, 2.45) is 0 Å². The van der Waals surface area contributed by atoms with Gasteiger partial charge in [-0.25, -0.2) is 4.79 Å². The van der Waals surface area contributed by atoms with E-state index in [1.54, 1.807) is 7.11 Å². The summed E-state index contributed by atoms with van der Waals surface area (Å²) in [5.74, 6) is 0.806. The van der Waals surface area contributed by atoms with Crippen molar-refractivity contribution < 1.29 is 14.3 Å². The Labute approximate surface area is 152 Å². The highest BCUT2D eigenvalue weighted by Gasteiger charge is 2.16. The van der Waals surface area contributed by atoms with Gasteiger partial charge in [0, 0.05) is 31.0 Å². The highest BCUT2D eigenvalue weighted by atomic mass is 16.5. The van der Waals surface area contributed by atoms with E-state index in [9.17, 15) is 9.59 Å². The predicted octanol–water partition coefficient (Wildman–Crippen LogP) is 1.95. The number of carbonyl (C=O) groups is 2. The van der Waals surface area contributed by atoms with Crippen LogP contribution in [0.3, 0.4) is 0 Å². The van der Waals surface area contributed by atoms with E-state index < -0.39 is 0 Å². The van der Waals surface area contributed by atoms with E-state index in [0.29, 0.717) is 25.3 Å². The van der Waals surface area contributed by atoms with Crippen LogP contribution >= 0.6 is 0 Å². The number of urea groups is 1. The lowest BCUT2D eigenvalue weighted by molar-refractivity contribution is -0.120. The maximum Gasteiger partial charge on any atom is 0.319 e. The molecule has 0 spiro atoms. The lowest BCUT2D eigenvalue weighted by Crippen LogP contribution is -2.47. The molecule has 26 heavy (non-hydrogen) atoms. The lowest BCUT2D eigenvalue weighted by Gasteiger charge is -2.28. The lowest BCUT2D eigenvalue weighted by atomic mass is 10.2. The average molecular weight is 354 g/mol. The summed E-state index contributed by atoms with van der Waals surface area (Å²) < 4.78 is 5.11. The first-order valence-corrected chi connectivity index (χ1v) is 8.43. The van der Waals surface area contributed by atoms with Crippen molar-refractivity contribution in [2.75, 3.05) is 37.0 Å². The minimum absolute atomic E-state index is 0.0244. The molecule has 0 radical (unpaired) electrons. The van der Waals surface area contributed by atoms with Crippen molar-refractivity contribution in [3.8, 4) is 5.75 Å². The van der Waals surface area contributed by atoms with Crippen molar-refractivity contribution in [3.05, 3.63) is 54.1 Å². The molecule has 1 heterocycles. The Morgan fingerprint density at radius 2 is 1.88 bits per heavy atom. The molecule has 2 aromatic carbocycles. The highest BCUT2D eigenvalue weighted by Crippen LogP contribution is 2.18. The number of benzene rings is 2. The molecule has 0 aromatic heterocycles. The second-order valence-electron chi connectivity index (χ2n) is 5.97. The summed E-state index contributed by atoms with van der Waals surface area (Å²) in [6.07, 6.45) is 0. The minimum atomic E-state index is -0.272. The summed E-state index contributed by atoms with van der Waals surface area (Å²) in [6, 6.07) is 14.7. The van der Waals surface area contributed by atoms with E-state index in [1.807, 2.05) is 53.4 Å². The van der Waals surface area contributed by atoms with Gasteiger partial charge in [-0.2, -0.15) is 0 Å². The van der Waals surface area contributed by atoms with Crippen LogP contribution in [0.2, 0.25) is 0 Å². The number of ether oxygens (including phenoxy) is 1. The number of anilines is 2. The van der Waals surface area contributed by atoms with Crippen LogP contribution in [0.1, 0.15) is 5.56 Å². The third-order valence-corrected chi connectivity index (χ3v) is 4.14. The van der Waals surface area contributed by atoms with Crippen molar-refractivity contribution >= 4 is 23.3 Å². The zero-order valence-electron chi connectivity index (χ0n) is 14.6. The van der Waals surface area contributed by atoms with Crippen LogP contribution in [0, 0.1) is 0 Å². The Morgan fingerprint density at radius 3 is 2.54 bits per heavy atom. The molecule has 0 unspecified atom stereocenters. The van der Waals surface area contributed by atoms with Crippen molar-refractivity contribution in [3.63, 3.8) is 0 Å². The number of nitrogens with zero attached hydrogens (tertiary/aromatic N) is 1. The van der Waals surface area contributed by atoms with Gasteiger partial charge >= 0.3 is 6.03 Å². The topological polar surface area (TPSA) is 82.7 Å². The Hall–Kier alpha value is -3.22. The second kappa shape index (κ2) is 8.24. The smallest absolute Gasteiger partial charge is 0.319 e. The molecule has 0 aliphatic carbocycles. The fourth-order valence-corrected chi connectivity index (χ4v) is 2.72. The number of nitrogens with one attached hydrogen (secondary N) is 3. The van der Waals surface area contributed by atoms with Crippen LogP contribution in [0.5, 0.6) is 5.75 Å². The maximum absolute atomic E-state index is 12.0. The van der Waals surface area contributed by atoms with Gasteiger partial charge in [-0.05, 0) is 42.0 Å². The largest absolute Gasteiger partial charge is 0.497 e. The molecule has 1 aliphatic rings. The normalized spacial score (nSPS) is 13.7. The number of piperazine rings is 1. The van der Waals surface area contributed by atoms with E-state index in [-0.39, 0.29) is 11.9 Å². The van der Waals surface area contributed by atoms with Gasteiger partial charge in [-0.3, -0.25) is 4.79 Å². The van der Waals surface area contributed by atoms with Gasteiger partial charge in [-0.1, -0.05) is 12.1 Å². The molecular weight excluding hydrogens is 332 g/mol. The second-order valence-corrected chi connectivity index (χ2v) is 5.97. The first kappa shape index (κ1) is 17.6. The number of carbonyl (C=O) groups excluding carboxylic acids is 2. The average Bonchev–Trinajstić information content (AvgIpc) is 2.67. The van der Waals surface area contributed by atoms with E-state index >= 15 is 0 Å². The molecular formula is C19H22N4O3. The first-order valence-electron chi connectivity index (χ1n) is 8.43. The number of amides is 3. The van der Waals surface area contributed by atoms with E-state index in [1.165, 1.54) is 0 Å². The molecule has 3 N–H and O–H groups in total. The molecule has 1 aliphatic heterocycles. The number of rotatable bonds is 5. The SMILES string of the molecule is COc1ccc(CNC(=O)Nc2ccc(N3CCNC(=O)C3)cc2)cc1. The molecule has 3 rings (SSSR count). The Bertz CT molecular complexity index is 759. The van der Waals surface area contributed by atoms with Crippen molar-refractivity contribution in [2.45, 2.75) is 6.54 Å². The summed E-state index contributed by atoms with van der Waals surface area (Å²) in [4.78, 5) is 25.5. The van der Waals surface area contributed by atoms with Gasteiger partial charge in [0.15, 0.2) is 0 Å². The van der Waals surface area contributed by atoms with Crippen LogP contribution in [0.25, 0.3) is 0 Å². The molecule has 2 aromatic rings. The van der Waals surface area contributed by atoms with Crippen LogP contribution in [0.15, 0.2) is 48.5 Å². The summed E-state index contributed by atoms with van der Waals surface area (Å²) >= 11 is 0. The molecule has 1 fully saturated rings. The van der Waals surface area contributed by atoms with Crippen LogP contribution < -0.4 is 25.6 Å². The Morgan fingerprint density at radius 1 is 1.15 bits per heavy atom. The summed E-state index contributed by atoms with van der Waals surface area (Å²) in [5, 5.41) is 8.42. The molecule has 136 valence electrons. The van der Waals surface area contributed by atoms with Crippen LogP contribution in [-0.4, -0.2) is 38.7 Å². The molecule has 7 nitrogen and oxygen atoms in total. The van der Waals surface area contributed by atoms with Crippen molar-refractivity contribution in [1.29, 1.82) is 0 Å². The van der Waals surface area contributed by atoms with Crippen LogP contribution in [0.4, 0.5) is 16.2 Å². The standard InChI is InChI=1S/C19H22N4O3/c1-26-17-8-2-14(3-9-17)12-21-19(25)22-15-4-6-16(7-5-15)23-11-10-20-18(24)13-23/h2-9H,10-13H2,1H3,(H,20,24)(H2,21,22,25). The summed E-state index contributed by atoms with van der Waals surface area (Å²) in [5.41, 5.74) is 2.64. The Balaban J connectivity index is 1.50. The molecule has 3 amide bonds. The fourth-order valence-electron chi connectivity index (χ4n) is 2.72. The minimum Gasteiger partial charge on any atom is -0.497 e. The zero-order valence-corrected chi connectivity index (χ0v) is 14.6. The van der Waals surface area contributed by atoms with Gasteiger partial charge in [0.25, 0.3) is 0 Å². The monoisotopic (exact) mass is 354 g/mol. The van der Waals surface area contributed by atoms with Gasteiger partial charge < -0.3 is 25.6 Å². The molecule has 0 bridgehead atoms. The molecule has 7 heteroatoms. The first-order chi connectivity index (χ1) is 12.6. The zero-order chi connectivity index (χ0) is 18.4. The highest BCUT2D eigenvalue weighted by molar-refractivity contribution is 5.89. The van der Waals surface area contributed by atoms with Crippen LogP contribution in [-0.2, 0) is 11.3 Å². The quantitative estimate of drug-likeness (QED) is 0.766.